The van der Waals surface area contributed by atoms with Crippen LogP contribution in [0.15, 0.2) is 10.7 Å². The fourth-order valence-corrected chi connectivity index (χ4v) is 1.11. The maximum Gasteiger partial charge on any atom is 0.169 e. The van der Waals surface area contributed by atoms with Gasteiger partial charge in [0.2, 0.25) is 0 Å². The summed E-state index contributed by atoms with van der Waals surface area (Å²) in [6, 6.07) is 0. The molecule has 0 unspecified atom stereocenters. The molecule has 84 valence electrons. The first-order valence-corrected chi connectivity index (χ1v) is 5.72. The number of nitrogens with zero attached hydrogens (tertiary/aromatic N) is 2. The highest BCUT2D eigenvalue weighted by atomic mass is 79.9. The van der Waals surface area contributed by atoms with Crippen LogP contribution in [0.3, 0.4) is 0 Å². The maximum absolute atomic E-state index is 10.6. The highest BCUT2D eigenvalue weighted by molar-refractivity contribution is 9.10. The Morgan fingerprint density at radius 2 is 1.87 bits per heavy atom. The van der Waals surface area contributed by atoms with Crippen LogP contribution in [0.1, 0.15) is 50.9 Å². The topological polar surface area (TPSA) is 42.9 Å². The second-order valence-corrected chi connectivity index (χ2v) is 4.65. The molecule has 4 heteroatoms. The van der Waals surface area contributed by atoms with Gasteiger partial charge in [-0.15, -0.1) is 0 Å². The minimum Gasteiger partial charge on any atom is -0.296 e. The predicted octanol–water partition coefficient (Wildman–Crippen LogP) is 3.38. The number of aldehydes is 1. The van der Waals surface area contributed by atoms with Gasteiger partial charge in [-0.05, 0) is 15.9 Å². The van der Waals surface area contributed by atoms with Crippen LogP contribution in [-0.2, 0) is 5.41 Å². The Bertz CT molecular complexity index is 332. The fourth-order valence-electron chi connectivity index (χ4n) is 0.824. The molecule has 0 spiro atoms. The Balaban J connectivity index is 0.000000921. The summed E-state index contributed by atoms with van der Waals surface area (Å²) in [6.45, 7) is 10.0. The van der Waals surface area contributed by atoms with Gasteiger partial charge < -0.3 is 0 Å². The number of carbonyl (C=O) groups is 1. The Morgan fingerprint density at radius 1 is 1.33 bits per heavy atom. The van der Waals surface area contributed by atoms with Crippen LogP contribution in [0.2, 0.25) is 0 Å². The van der Waals surface area contributed by atoms with E-state index in [9.17, 15) is 4.79 Å². The van der Waals surface area contributed by atoms with Gasteiger partial charge in [0.15, 0.2) is 6.29 Å². The first-order valence-electron chi connectivity index (χ1n) is 4.93. The number of hydrogen-bond acceptors (Lipinski definition) is 3. The van der Waals surface area contributed by atoms with Crippen molar-refractivity contribution in [1.29, 1.82) is 0 Å². The van der Waals surface area contributed by atoms with E-state index in [1.54, 1.807) is 6.20 Å². The third-order valence-corrected chi connectivity index (χ3v) is 2.16. The first-order chi connectivity index (χ1) is 6.95. The zero-order valence-electron chi connectivity index (χ0n) is 9.84. The fraction of sp³-hybridized carbons (Fsp3) is 0.545. The van der Waals surface area contributed by atoms with Gasteiger partial charge in [-0.3, -0.25) is 4.79 Å². The van der Waals surface area contributed by atoms with Gasteiger partial charge in [0.05, 0.1) is 4.47 Å². The molecule has 0 saturated heterocycles. The smallest absolute Gasteiger partial charge is 0.169 e. The summed E-state index contributed by atoms with van der Waals surface area (Å²) < 4.78 is 0.635. The van der Waals surface area contributed by atoms with Crippen LogP contribution >= 0.6 is 15.9 Å². The molecule has 3 nitrogen and oxygen atoms in total. The lowest BCUT2D eigenvalue weighted by atomic mass is 9.96. The van der Waals surface area contributed by atoms with Crippen molar-refractivity contribution in [3.63, 3.8) is 0 Å². The van der Waals surface area contributed by atoms with E-state index in [0.29, 0.717) is 16.0 Å². The molecule has 0 aromatic carbocycles. The number of halogens is 1. The van der Waals surface area contributed by atoms with Crippen molar-refractivity contribution < 1.29 is 4.79 Å². The van der Waals surface area contributed by atoms with Gasteiger partial charge in [-0.25, -0.2) is 9.97 Å². The maximum atomic E-state index is 10.6. The van der Waals surface area contributed by atoms with Crippen molar-refractivity contribution in [2.24, 2.45) is 0 Å². The van der Waals surface area contributed by atoms with Gasteiger partial charge >= 0.3 is 0 Å². The van der Waals surface area contributed by atoms with Crippen molar-refractivity contribution >= 4 is 22.2 Å². The molecular weight excluding hydrogens is 256 g/mol. The summed E-state index contributed by atoms with van der Waals surface area (Å²) in [5.41, 5.74) is 0.276. The van der Waals surface area contributed by atoms with E-state index in [-0.39, 0.29) is 5.41 Å². The molecule has 1 aromatic heterocycles. The van der Waals surface area contributed by atoms with Crippen LogP contribution in [-0.4, -0.2) is 16.3 Å². The lowest BCUT2D eigenvalue weighted by molar-refractivity contribution is 0.111. The Labute approximate surface area is 99.5 Å². The number of aromatic nitrogens is 2. The average Bonchev–Trinajstić information content (AvgIpc) is 2.20. The minimum atomic E-state index is -0.127. The van der Waals surface area contributed by atoms with Crippen molar-refractivity contribution in [2.75, 3.05) is 0 Å². The summed E-state index contributed by atoms with van der Waals surface area (Å²) in [6.07, 6.45) is 2.33. The highest BCUT2D eigenvalue weighted by Crippen LogP contribution is 2.20. The zero-order valence-corrected chi connectivity index (χ0v) is 11.4. The summed E-state index contributed by atoms with van der Waals surface area (Å²) >= 11 is 3.20. The van der Waals surface area contributed by atoms with E-state index < -0.39 is 0 Å². The Morgan fingerprint density at radius 3 is 2.27 bits per heavy atom. The van der Waals surface area contributed by atoms with Crippen LogP contribution in [0, 0.1) is 0 Å². The van der Waals surface area contributed by atoms with Crippen molar-refractivity contribution in [3.8, 4) is 0 Å². The number of carbonyl (C=O) groups excluding carboxylic acids is 1. The molecule has 0 saturated carbocycles. The van der Waals surface area contributed by atoms with Gasteiger partial charge in [0.25, 0.3) is 0 Å². The van der Waals surface area contributed by atoms with E-state index in [0.717, 1.165) is 6.29 Å². The molecule has 0 aliphatic heterocycles. The monoisotopic (exact) mass is 272 g/mol. The standard InChI is InChI=1S/C9H11BrN2O.C2H6/c1-9(2,3)8-11-4-6(10)7(5-13)12-8;1-2/h4-5H,1-3H3;1-2H3. The van der Waals surface area contributed by atoms with Crippen LogP contribution in [0.4, 0.5) is 0 Å². The molecule has 0 fully saturated rings. The SMILES string of the molecule is CC.CC(C)(C)c1ncc(Br)c(C=O)n1. The van der Waals surface area contributed by atoms with Crippen molar-refractivity contribution in [2.45, 2.75) is 40.0 Å². The summed E-state index contributed by atoms with van der Waals surface area (Å²) in [4.78, 5) is 18.9. The molecule has 0 amide bonds. The molecule has 1 heterocycles. The summed E-state index contributed by atoms with van der Waals surface area (Å²) in [7, 11) is 0. The summed E-state index contributed by atoms with van der Waals surface area (Å²) in [5.74, 6) is 0.679. The highest BCUT2D eigenvalue weighted by Gasteiger charge is 2.18. The Kier molecular flexibility index (Phi) is 5.65. The van der Waals surface area contributed by atoms with Crippen molar-refractivity contribution in [1.82, 2.24) is 9.97 Å². The van der Waals surface area contributed by atoms with Gasteiger partial charge in [-0.1, -0.05) is 34.6 Å². The molecule has 15 heavy (non-hydrogen) atoms. The molecule has 0 bridgehead atoms. The molecule has 0 aliphatic carbocycles. The van der Waals surface area contributed by atoms with Gasteiger partial charge in [0.1, 0.15) is 11.5 Å². The lowest BCUT2D eigenvalue weighted by Gasteiger charge is -2.16. The molecule has 0 radical (unpaired) electrons. The van der Waals surface area contributed by atoms with Crippen molar-refractivity contribution in [3.05, 3.63) is 22.2 Å². The quantitative estimate of drug-likeness (QED) is 0.737. The zero-order chi connectivity index (χ0) is 12.1. The van der Waals surface area contributed by atoms with E-state index in [2.05, 4.69) is 25.9 Å². The first kappa shape index (κ1) is 14.2. The molecular formula is C11H17BrN2O. The van der Waals surface area contributed by atoms with E-state index in [1.165, 1.54) is 0 Å². The van der Waals surface area contributed by atoms with Gasteiger partial charge in [0, 0.05) is 11.6 Å². The molecule has 1 rings (SSSR count). The van der Waals surface area contributed by atoms with Crippen LogP contribution in [0.5, 0.6) is 0 Å². The lowest BCUT2D eigenvalue weighted by Crippen LogP contribution is -2.16. The third-order valence-electron chi connectivity index (χ3n) is 1.55. The molecule has 0 aliphatic rings. The van der Waals surface area contributed by atoms with E-state index in [4.69, 9.17) is 0 Å². The number of rotatable bonds is 1. The van der Waals surface area contributed by atoms with E-state index >= 15 is 0 Å². The Hall–Kier alpha value is -0.770. The van der Waals surface area contributed by atoms with Gasteiger partial charge in [-0.2, -0.15) is 0 Å². The van der Waals surface area contributed by atoms with Crippen LogP contribution in [0.25, 0.3) is 0 Å². The largest absolute Gasteiger partial charge is 0.296 e. The number of hydrogen-bond donors (Lipinski definition) is 0. The molecule has 1 aromatic rings. The minimum absolute atomic E-state index is 0.127. The molecule has 0 atom stereocenters. The normalized spacial score (nSPS) is 10.3. The van der Waals surface area contributed by atoms with Crippen LogP contribution < -0.4 is 0 Å². The predicted molar refractivity (Wildman–Crippen MR) is 65.2 cm³/mol. The second-order valence-electron chi connectivity index (χ2n) is 3.79. The molecule has 0 N–H and O–H groups in total. The average molecular weight is 273 g/mol. The van der Waals surface area contributed by atoms with E-state index in [1.807, 2.05) is 34.6 Å². The third kappa shape index (κ3) is 4.08. The summed E-state index contributed by atoms with van der Waals surface area (Å²) in [5, 5.41) is 0. The second kappa shape index (κ2) is 5.95.